The highest BCUT2D eigenvalue weighted by Gasteiger charge is 2.34. The lowest BCUT2D eigenvalue weighted by atomic mass is 9.96. The van der Waals surface area contributed by atoms with E-state index in [1.165, 1.54) is 18.6 Å². The van der Waals surface area contributed by atoms with Crippen molar-refractivity contribution in [1.29, 1.82) is 0 Å². The lowest BCUT2D eigenvalue weighted by Crippen LogP contribution is -2.50. The molecule has 6 heteroatoms. The SMILES string of the molecule is CNCC1CCCN(C(=O)C2CC(c3ccc(F)cc3)NN2)C1. The van der Waals surface area contributed by atoms with Gasteiger partial charge in [-0.3, -0.25) is 4.79 Å². The zero-order valence-corrected chi connectivity index (χ0v) is 13.5. The van der Waals surface area contributed by atoms with Crippen LogP contribution in [-0.4, -0.2) is 43.5 Å². The minimum absolute atomic E-state index is 0.0439. The normalized spacial score (nSPS) is 28.1. The lowest BCUT2D eigenvalue weighted by Gasteiger charge is -2.34. The Morgan fingerprint density at radius 1 is 1.35 bits per heavy atom. The Labute approximate surface area is 136 Å². The number of piperidine rings is 1. The number of carbonyl (C=O) groups is 1. The Balaban J connectivity index is 1.57. The third kappa shape index (κ3) is 3.88. The van der Waals surface area contributed by atoms with Crippen LogP contribution in [0.25, 0.3) is 0 Å². The number of likely N-dealkylation sites (tertiary alicyclic amines) is 1. The van der Waals surface area contributed by atoms with Gasteiger partial charge in [0.15, 0.2) is 0 Å². The van der Waals surface area contributed by atoms with Gasteiger partial charge in [0.2, 0.25) is 5.91 Å². The molecule has 0 saturated carbocycles. The van der Waals surface area contributed by atoms with E-state index in [-0.39, 0.29) is 23.8 Å². The first kappa shape index (κ1) is 16.4. The van der Waals surface area contributed by atoms with E-state index in [4.69, 9.17) is 0 Å². The number of hydrazine groups is 1. The second-order valence-electron chi connectivity index (χ2n) is 6.53. The summed E-state index contributed by atoms with van der Waals surface area (Å²) < 4.78 is 13.0. The molecule has 0 bridgehead atoms. The van der Waals surface area contributed by atoms with E-state index >= 15 is 0 Å². The van der Waals surface area contributed by atoms with Crippen LogP contribution < -0.4 is 16.2 Å². The van der Waals surface area contributed by atoms with Crippen molar-refractivity contribution in [2.24, 2.45) is 5.92 Å². The molecule has 1 aromatic rings. The molecule has 1 aromatic carbocycles. The minimum Gasteiger partial charge on any atom is -0.341 e. The molecule has 1 amide bonds. The van der Waals surface area contributed by atoms with Gasteiger partial charge in [-0.2, -0.15) is 0 Å². The van der Waals surface area contributed by atoms with Gasteiger partial charge in [-0.1, -0.05) is 12.1 Å². The average molecular weight is 320 g/mol. The van der Waals surface area contributed by atoms with Gasteiger partial charge in [0.1, 0.15) is 11.9 Å². The van der Waals surface area contributed by atoms with E-state index in [0.29, 0.717) is 12.3 Å². The minimum atomic E-state index is -0.240. The molecule has 2 fully saturated rings. The summed E-state index contributed by atoms with van der Waals surface area (Å²) in [6, 6.07) is 6.29. The van der Waals surface area contributed by atoms with Crippen molar-refractivity contribution in [3.63, 3.8) is 0 Å². The van der Waals surface area contributed by atoms with Gasteiger partial charge >= 0.3 is 0 Å². The molecule has 2 aliphatic heterocycles. The Kier molecular flexibility index (Phi) is 5.25. The van der Waals surface area contributed by atoms with Crippen molar-refractivity contribution < 1.29 is 9.18 Å². The van der Waals surface area contributed by atoms with E-state index in [2.05, 4.69) is 16.2 Å². The van der Waals surface area contributed by atoms with E-state index in [9.17, 15) is 9.18 Å². The van der Waals surface area contributed by atoms with Gasteiger partial charge in [-0.05, 0) is 56.5 Å². The van der Waals surface area contributed by atoms with Crippen molar-refractivity contribution in [2.75, 3.05) is 26.7 Å². The Hall–Kier alpha value is -1.50. The summed E-state index contributed by atoms with van der Waals surface area (Å²) in [5, 5.41) is 3.20. The summed E-state index contributed by atoms with van der Waals surface area (Å²) in [5.74, 6) is 0.471. The molecule has 0 spiro atoms. The van der Waals surface area contributed by atoms with E-state index in [1.807, 2.05) is 11.9 Å². The third-order valence-corrected chi connectivity index (χ3v) is 4.80. The lowest BCUT2D eigenvalue weighted by molar-refractivity contribution is -0.135. The van der Waals surface area contributed by atoms with Crippen LogP contribution in [0.4, 0.5) is 4.39 Å². The molecule has 126 valence electrons. The number of halogens is 1. The molecule has 3 atom stereocenters. The number of nitrogens with zero attached hydrogens (tertiary/aromatic N) is 1. The molecule has 2 aliphatic rings. The van der Waals surface area contributed by atoms with Crippen LogP contribution in [0.1, 0.15) is 30.9 Å². The molecule has 0 aliphatic carbocycles. The zero-order valence-electron chi connectivity index (χ0n) is 13.5. The summed E-state index contributed by atoms with van der Waals surface area (Å²) in [5.41, 5.74) is 7.28. The van der Waals surface area contributed by atoms with Gasteiger partial charge in [-0.15, -0.1) is 0 Å². The monoisotopic (exact) mass is 320 g/mol. The first-order chi connectivity index (χ1) is 11.2. The number of benzene rings is 1. The van der Waals surface area contributed by atoms with Gasteiger partial charge in [-0.25, -0.2) is 15.2 Å². The number of carbonyl (C=O) groups excluding carboxylic acids is 1. The Bertz CT molecular complexity index is 534. The molecule has 2 saturated heterocycles. The summed E-state index contributed by atoms with van der Waals surface area (Å²) in [4.78, 5) is 14.7. The van der Waals surface area contributed by atoms with Crippen LogP contribution in [0.3, 0.4) is 0 Å². The summed E-state index contributed by atoms with van der Waals surface area (Å²) in [6.07, 6.45) is 2.94. The standard InChI is InChI=1S/C17H25FN4O/c1-19-10-12-3-2-8-22(11-12)17(23)16-9-15(20-21-16)13-4-6-14(18)7-5-13/h4-7,12,15-16,19-21H,2-3,8-11H2,1H3. The predicted molar refractivity (Wildman–Crippen MR) is 87.0 cm³/mol. The number of nitrogens with one attached hydrogen (secondary N) is 3. The molecule has 0 radical (unpaired) electrons. The number of hydrogen-bond donors (Lipinski definition) is 3. The molecule has 5 nitrogen and oxygen atoms in total. The van der Waals surface area contributed by atoms with Crippen molar-refractivity contribution in [3.05, 3.63) is 35.6 Å². The fourth-order valence-corrected chi connectivity index (χ4v) is 3.57. The highest BCUT2D eigenvalue weighted by Crippen LogP contribution is 2.25. The van der Waals surface area contributed by atoms with Crippen LogP contribution in [0.15, 0.2) is 24.3 Å². The maximum atomic E-state index is 13.0. The topological polar surface area (TPSA) is 56.4 Å². The molecule has 0 aromatic heterocycles. The van der Waals surface area contributed by atoms with Crippen LogP contribution in [0.2, 0.25) is 0 Å². The van der Waals surface area contributed by atoms with Crippen LogP contribution in [-0.2, 0) is 4.79 Å². The van der Waals surface area contributed by atoms with Crippen molar-refractivity contribution in [2.45, 2.75) is 31.3 Å². The zero-order chi connectivity index (χ0) is 16.2. The molecule has 3 rings (SSSR count). The van der Waals surface area contributed by atoms with Gasteiger partial charge in [0, 0.05) is 19.1 Å². The fourth-order valence-electron chi connectivity index (χ4n) is 3.57. The largest absolute Gasteiger partial charge is 0.341 e. The maximum Gasteiger partial charge on any atom is 0.241 e. The first-order valence-corrected chi connectivity index (χ1v) is 8.37. The predicted octanol–water partition coefficient (Wildman–Crippen LogP) is 1.19. The quantitative estimate of drug-likeness (QED) is 0.780. The number of rotatable bonds is 4. The van der Waals surface area contributed by atoms with Crippen LogP contribution >= 0.6 is 0 Å². The van der Waals surface area contributed by atoms with E-state index in [0.717, 1.165) is 31.6 Å². The number of hydrogen-bond acceptors (Lipinski definition) is 4. The van der Waals surface area contributed by atoms with Crippen molar-refractivity contribution >= 4 is 5.91 Å². The van der Waals surface area contributed by atoms with Crippen molar-refractivity contribution in [1.82, 2.24) is 21.1 Å². The van der Waals surface area contributed by atoms with Crippen molar-refractivity contribution in [3.8, 4) is 0 Å². The van der Waals surface area contributed by atoms with Crippen LogP contribution in [0.5, 0.6) is 0 Å². The van der Waals surface area contributed by atoms with Gasteiger partial charge in [0.05, 0.1) is 0 Å². The third-order valence-electron chi connectivity index (χ3n) is 4.80. The van der Waals surface area contributed by atoms with Crippen LogP contribution in [0, 0.1) is 11.7 Å². The molecular formula is C17H25FN4O. The fraction of sp³-hybridized carbons (Fsp3) is 0.588. The smallest absolute Gasteiger partial charge is 0.241 e. The van der Waals surface area contributed by atoms with Gasteiger partial charge in [0.25, 0.3) is 0 Å². The second kappa shape index (κ2) is 7.38. The van der Waals surface area contributed by atoms with E-state index in [1.54, 1.807) is 12.1 Å². The molecule has 2 heterocycles. The Morgan fingerprint density at radius 3 is 2.87 bits per heavy atom. The molecule has 3 N–H and O–H groups in total. The molecule has 3 unspecified atom stereocenters. The number of amides is 1. The molecule has 23 heavy (non-hydrogen) atoms. The van der Waals surface area contributed by atoms with Gasteiger partial charge < -0.3 is 10.2 Å². The first-order valence-electron chi connectivity index (χ1n) is 8.37. The van der Waals surface area contributed by atoms with E-state index < -0.39 is 0 Å². The second-order valence-corrected chi connectivity index (χ2v) is 6.53. The Morgan fingerprint density at radius 2 is 2.13 bits per heavy atom. The highest BCUT2D eigenvalue weighted by atomic mass is 19.1. The maximum absolute atomic E-state index is 13.0. The summed E-state index contributed by atoms with van der Waals surface area (Å²) in [7, 11) is 1.95. The molecular weight excluding hydrogens is 295 g/mol. The average Bonchev–Trinajstić information content (AvgIpc) is 3.05. The highest BCUT2D eigenvalue weighted by molar-refractivity contribution is 5.82. The summed E-state index contributed by atoms with van der Waals surface area (Å²) >= 11 is 0. The summed E-state index contributed by atoms with van der Waals surface area (Å²) in [6.45, 7) is 2.63.